The predicted octanol–water partition coefficient (Wildman–Crippen LogP) is 2.91. The molecule has 1 saturated carbocycles. The molecule has 0 radical (unpaired) electrons. The van der Waals surface area contributed by atoms with Crippen LogP contribution in [0.3, 0.4) is 0 Å². The molecule has 2 aliphatic rings. The highest BCUT2D eigenvalue weighted by atomic mass is 35.5. The Labute approximate surface area is 186 Å². The summed E-state index contributed by atoms with van der Waals surface area (Å²) in [6, 6.07) is 4.56. The summed E-state index contributed by atoms with van der Waals surface area (Å²) in [7, 11) is -1.94. The van der Waals surface area contributed by atoms with Gasteiger partial charge in [0.05, 0.1) is 9.92 Å². The number of carbonyl (C=O) groups is 1. The van der Waals surface area contributed by atoms with Gasteiger partial charge in [0, 0.05) is 43.1 Å². The summed E-state index contributed by atoms with van der Waals surface area (Å²) >= 11 is 12.3. The number of nitrogens with one attached hydrogen (secondary N) is 1. The SMILES string of the molecule is CN1CCN(C(=O)C2(NS(=O)(=O)c3ccc4c(Cl)cnc(Cl)c4c3)CCCC2)CC1. The number of carbonyl (C=O) groups excluding carboxylic acids is 1. The number of hydrogen-bond acceptors (Lipinski definition) is 5. The molecule has 1 aliphatic carbocycles. The van der Waals surface area contributed by atoms with Gasteiger partial charge in [0.2, 0.25) is 15.9 Å². The first-order valence-corrected chi connectivity index (χ1v) is 12.2. The first-order chi connectivity index (χ1) is 14.2. The van der Waals surface area contributed by atoms with Crippen LogP contribution in [-0.2, 0) is 14.8 Å². The van der Waals surface area contributed by atoms with Crippen LogP contribution < -0.4 is 4.72 Å². The minimum absolute atomic E-state index is 0.0402. The van der Waals surface area contributed by atoms with E-state index >= 15 is 0 Å². The summed E-state index contributed by atoms with van der Waals surface area (Å²) in [4.78, 5) is 21.4. The van der Waals surface area contributed by atoms with Crippen LogP contribution in [0, 0.1) is 0 Å². The Morgan fingerprint density at radius 3 is 2.43 bits per heavy atom. The van der Waals surface area contributed by atoms with E-state index in [0.29, 0.717) is 41.7 Å². The van der Waals surface area contributed by atoms with E-state index < -0.39 is 15.6 Å². The molecule has 10 heteroatoms. The Kier molecular flexibility index (Phi) is 5.98. The summed E-state index contributed by atoms with van der Waals surface area (Å²) in [6.07, 6.45) is 4.05. The van der Waals surface area contributed by atoms with Crippen molar-refractivity contribution in [3.8, 4) is 0 Å². The molecule has 1 aliphatic heterocycles. The number of halogens is 2. The number of pyridine rings is 1. The summed E-state index contributed by atoms with van der Waals surface area (Å²) in [5.41, 5.74) is -1.10. The molecule has 162 valence electrons. The van der Waals surface area contributed by atoms with Crippen LogP contribution in [0.25, 0.3) is 10.8 Å². The number of piperazine rings is 1. The largest absolute Gasteiger partial charge is 0.339 e. The van der Waals surface area contributed by atoms with Crippen LogP contribution in [-0.4, -0.2) is 67.9 Å². The van der Waals surface area contributed by atoms with Crippen molar-refractivity contribution in [3.05, 3.63) is 34.6 Å². The molecule has 0 spiro atoms. The fourth-order valence-corrected chi connectivity index (χ4v) is 6.15. The quantitative estimate of drug-likeness (QED) is 0.694. The number of nitrogens with zero attached hydrogens (tertiary/aromatic N) is 3. The number of amides is 1. The lowest BCUT2D eigenvalue weighted by Gasteiger charge is -2.39. The van der Waals surface area contributed by atoms with Gasteiger partial charge in [-0.1, -0.05) is 42.1 Å². The summed E-state index contributed by atoms with van der Waals surface area (Å²) in [5.74, 6) is -0.125. The molecule has 7 nitrogen and oxygen atoms in total. The van der Waals surface area contributed by atoms with Crippen molar-refractivity contribution < 1.29 is 13.2 Å². The minimum Gasteiger partial charge on any atom is -0.339 e. The highest BCUT2D eigenvalue weighted by molar-refractivity contribution is 7.89. The average molecular weight is 471 g/mol. The van der Waals surface area contributed by atoms with Crippen molar-refractivity contribution in [3.63, 3.8) is 0 Å². The zero-order valence-electron chi connectivity index (χ0n) is 16.7. The fourth-order valence-electron chi connectivity index (χ4n) is 4.29. The Morgan fingerprint density at radius 2 is 1.77 bits per heavy atom. The lowest BCUT2D eigenvalue weighted by molar-refractivity contribution is -0.139. The number of aromatic nitrogens is 1. The second kappa shape index (κ2) is 8.24. The lowest BCUT2D eigenvalue weighted by atomic mass is 9.96. The van der Waals surface area contributed by atoms with E-state index in [1.807, 2.05) is 7.05 Å². The number of fused-ring (bicyclic) bond motifs is 1. The van der Waals surface area contributed by atoms with Crippen LogP contribution >= 0.6 is 23.2 Å². The third-order valence-electron chi connectivity index (χ3n) is 6.06. The van der Waals surface area contributed by atoms with E-state index in [4.69, 9.17) is 23.2 Å². The fraction of sp³-hybridized carbons (Fsp3) is 0.500. The molecule has 1 N–H and O–H groups in total. The normalized spacial score (nSPS) is 20.0. The van der Waals surface area contributed by atoms with Crippen LogP contribution in [0.5, 0.6) is 0 Å². The standard InChI is InChI=1S/C20H24Cl2N4O3S/c1-25-8-10-26(11-9-25)19(27)20(6-2-3-7-20)24-30(28,29)14-4-5-15-16(12-14)18(22)23-13-17(15)21/h4-5,12-13,24H,2-3,6-11H2,1H3. The maximum atomic E-state index is 13.4. The van der Waals surface area contributed by atoms with Gasteiger partial charge in [-0.05, 0) is 32.0 Å². The van der Waals surface area contributed by atoms with Gasteiger partial charge in [-0.25, -0.2) is 13.4 Å². The highest BCUT2D eigenvalue weighted by Crippen LogP contribution is 2.35. The molecule has 1 aromatic carbocycles. The van der Waals surface area contributed by atoms with Crippen molar-refractivity contribution in [1.82, 2.24) is 19.5 Å². The van der Waals surface area contributed by atoms with Gasteiger partial charge in [-0.2, -0.15) is 4.72 Å². The van der Waals surface area contributed by atoms with Crippen molar-refractivity contribution in [2.75, 3.05) is 33.2 Å². The van der Waals surface area contributed by atoms with Crippen LogP contribution in [0.2, 0.25) is 10.2 Å². The van der Waals surface area contributed by atoms with Crippen LogP contribution in [0.15, 0.2) is 29.3 Å². The molecule has 1 aromatic heterocycles. The van der Waals surface area contributed by atoms with Gasteiger partial charge in [0.25, 0.3) is 0 Å². The zero-order valence-corrected chi connectivity index (χ0v) is 19.0. The van der Waals surface area contributed by atoms with Crippen molar-refractivity contribution >= 4 is 49.9 Å². The molecule has 30 heavy (non-hydrogen) atoms. The topological polar surface area (TPSA) is 82.6 Å². The second-order valence-electron chi connectivity index (χ2n) is 8.09. The average Bonchev–Trinajstić information content (AvgIpc) is 3.19. The molecule has 0 atom stereocenters. The van der Waals surface area contributed by atoms with E-state index in [2.05, 4.69) is 14.6 Å². The molecule has 0 unspecified atom stereocenters. The van der Waals surface area contributed by atoms with Gasteiger partial charge in [0.1, 0.15) is 10.7 Å². The van der Waals surface area contributed by atoms with Crippen molar-refractivity contribution in [2.24, 2.45) is 0 Å². The predicted molar refractivity (Wildman–Crippen MR) is 117 cm³/mol. The molecule has 1 amide bonds. The van der Waals surface area contributed by atoms with E-state index in [1.54, 1.807) is 11.0 Å². The first kappa shape index (κ1) is 21.8. The van der Waals surface area contributed by atoms with Crippen LogP contribution in [0.4, 0.5) is 0 Å². The number of likely N-dealkylation sites (N-methyl/N-ethyl adjacent to an activating group) is 1. The monoisotopic (exact) mass is 470 g/mol. The third-order valence-corrected chi connectivity index (χ3v) is 8.20. The summed E-state index contributed by atoms with van der Waals surface area (Å²) < 4.78 is 29.3. The molecule has 2 aromatic rings. The van der Waals surface area contributed by atoms with Gasteiger partial charge < -0.3 is 9.80 Å². The molecule has 4 rings (SSSR count). The Balaban J connectivity index is 1.66. The smallest absolute Gasteiger partial charge is 0.243 e. The maximum absolute atomic E-state index is 13.4. The number of rotatable bonds is 4. The van der Waals surface area contributed by atoms with E-state index in [-0.39, 0.29) is 16.0 Å². The number of sulfonamides is 1. The second-order valence-corrected chi connectivity index (χ2v) is 10.5. The molecule has 0 bridgehead atoms. The van der Waals surface area contributed by atoms with E-state index in [1.165, 1.54) is 18.3 Å². The first-order valence-electron chi connectivity index (χ1n) is 9.98. The Bertz CT molecular complexity index is 1080. The summed E-state index contributed by atoms with van der Waals surface area (Å²) in [6.45, 7) is 2.78. The molecule has 2 fully saturated rings. The van der Waals surface area contributed by atoms with Crippen molar-refractivity contribution in [2.45, 2.75) is 36.1 Å². The highest BCUT2D eigenvalue weighted by Gasteiger charge is 2.46. The molecule has 1 saturated heterocycles. The van der Waals surface area contributed by atoms with Crippen molar-refractivity contribution in [1.29, 1.82) is 0 Å². The minimum atomic E-state index is -3.96. The number of benzene rings is 1. The zero-order chi connectivity index (χ0) is 21.5. The van der Waals surface area contributed by atoms with Crippen LogP contribution in [0.1, 0.15) is 25.7 Å². The van der Waals surface area contributed by atoms with Gasteiger partial charge >= 0.3 is 0 Å². The van der Waals surface area contributed by atoms with Gasteiger partial charge in [-0.3, -0.25) is 4.79 Å². The Hall–Kier alpha value is -1.45. The van der Waals surface area contributed by atoms with E-state index in [9.17, 15) is 13.2 Å². The number of hydrogen-bond donors (Lipinski definition) is 1. The maximum Gasteiger partial charge on any atom is 0.243 e. The molecular formula is C20H24Cl2N4O3S. The molecular weight excluding hydrogens is 447 g/mol. The molecule has 2 heterocycles. The third kappa shape index (κ3) is 4.03. The summed E-state index contributed by atoms with van der Waals surface area (Å²) in [5, 5.41) is 1.65. The van der Waals surface area contributed by atoms with E-state index in [0.717, 1.165) is 25.9 Å². The van der Waals surface area contributed by atoms with Gasteiger partial charge in [0.15, 0.2) is 0 Å². The Morgan fingerprint density at radius 1 is 1.10 bits per heavy atom. The lowest BCUT2D eigenvalue weighted by Crippen LogP contribution is -2.60. The van der Waals surface area contributed by atoms with Gasteiger partial charge in [-0.15, -0.1) is 0 Å².